The fourth-order valence-corrected chi connectivity index (χ4v) is 4.23. The summed E-state index contributed by atoms with van der Waals surface area (Å²) in [4.78, 5) is 24.4. The molecule has 3 heterocycles. The number of piperidine rings is 1. The summed E-state index contributed by atoms with van der Waals surface area (Å²) < 4.78 is 1.02. The lowest BCUT2D eigenvalue weighted by Crippen LogP contribution is -2.38. The van der Waals surface area contributed by atoms with Crippen molar-refractivity contribution in [2.45, 2.75) is 33.6 Å². The molecule has 29 heavy (non-hydrogen) atoms. The largest absolute Gasteiger partial charge is 0.354 e. The molecular weight excluding hydrogens is 428 g/mol. The molecule has 6 heteroatoms. The number of carbonyl (C=O) groups is 1. The number of rotatable bonds is 3. The smallest absolute Gasteiger partial charge is 0.257 e. The molecule has 2 aromatic heterocycles. The van der Waals surface area contributed by atoms with Gasteiger partial charge in [0, 0.05) is 40.5 Å². The van der Waals surface area contributed by atoms with E-state index in [1.807, 2.05) is 43.0 Å². The van der Waals surface area contributed by atoms with E-state index in [4.69, 9.17) is 0 Å². The molecule has 150 valence electrons. The maximum atomic E-state index is 13.4. The van der Waals surface area contributed by atoms with Gasteiger partial charge >= 0.3 is 0 Å². The normalized spacial score (nSPS) is 15.0. The molecule has 1 aliphatic heterocycles. The highest BCUT2D eigenvalue weighted by Gasteiger charge is 2.25. The fraction of sp³-hybridized carbons (Fsp3) is 0.348. The van der Waals surface area contributed by atoms with Crippen LogP contribution >= 0.6 is 15.9 Å². The maximum Gasteiger partial charge on any atom is 0.257 e. The van der Waals surface area contributed by atoms with Crippen LogP contribution in [0.1, 0.15) is 41.4 Å². The number of nitrogens with one attached hydrogen (secondary N) is 1. The van der Waals surface area contributed by atoms with Crippen LogP contribution in [0.4, 0.5) is 11.4 Å². The number of benzene rings is 1. The molecule has 0 atom stereocenters. The van der Waals surface area contributed by atoms with Gasteiger partial charge in [0.05, 0.1) is 11.3 Å². The van der Waals surface area contributed by atoms with Crippen LogP contribution < -0.4 is 5.32 Å². The van der Waals surface area contributed by atoms with Gasteiger partial charge < -0.3 is 10.2 Å². The number of amides is 1. The first kappa shape index (κ1) is 19.8. The zero-order chi connectivity index (χ0) is 20.5. The molecule has 1 amide bonds. The van der Waals surface area contributed by atoms with Crippen molar-refractivity contribution in [3.63, 3.8) is 0 Å². The lowest BCUT2D eigenvalue weighted by atomic mass is 9.98. The number of likely N-dealkylation sites (tertiary alicyclic amines) is 1. The molecule has 0 aliphatic carbocycles. The van der Waals surface area contributed by atoms with E-state index in [0.717, 1.165) is 58.4 Å². The van der Waals surface area contributed by atoms with Crippen molar-refractivity contribution in [1.82, 2.24) is 14.9 Å². The van der Waals surface area contributed by atoms with Crippen molar-refractivity contribution in [3.05, 3.63) is 57.8 Å². The van der Waals surface area contributed by atoms with Crippen LogP contribution in [0.15, 0.2) is 41.0 Å². The fourth-order valence-electron chi connectivity index (χ4n) is 3.75. The highest BCUT2D eigenvalue weighted by Crippen LogP contribution is 2.32. The monoisotopic (exact) mass is 452 g/mol. The third kappa shape index (κ3) is 4.13. The van der Waals surface area contributed by atoms with Crippen molar-refractivity contribution >= 4 is 44.2 Å². The number of pyridine rings is 2. The molecule has 0 saturated carbocycles. The Hall–Kier alpha value is -2.47. The average molecular weight is 453 g/mol. The summed E-state index contributed by atoms with van der Waals surface area (Å²) in [6.07, 6.45) is 3.76. The van der Waals surface area contributed by atoms with Crippen LogP contribution in [0.5, 0.6) is 0 Å². The third-order valence-corrected chi connectivity index (χ3v) is 6.11. The third-order valence-electron chi connectivity index (χ3n) is 5.62. The molecule has 1 aliphatic rings. The molecule has 1 fully saturated rings. The van der Waals surface area contributed by atoms with E-state index in [1.54, 1.807) is 6.20 Å². The second-order valence-electron chi connectivity index (χ2n) is 7.93. The minimum Gasteiger partial charge on any atom is -0.354 e. The van der Waals surface area contributed by atoms with Crippen LogP contribution in [0.2, 0.25) is 0 Å². The second kappa shape index (κ2) is 8.11. The molecule has 0 radical (unpaired) electrons. The minimum atomic E-state index is 0.0316. The lowest BCUT2D eigenvalue weighted by molar-refractivity contribution is 0.0698. The van der Waals surface area contributed by atoms with E-state index < -0.39 is 0 Å². The van der Waals surface area contributed by atoms with Crippen LogP contribution in [0.3, 0.4) is 0 Å². The van der Waals surface area contributed by atoms with Gasteiger partial charge in [0.1, 0.15) is 0 Å². The highest BCUT2D eigenvalue weighted by molar-refractivity contribution is 9.10. The molecule has 5 nitrogen and oxygen atoms in total. The number of aromatic nitrogens is 2. The van der Waals surface area contributed by atoms with Crippen molar-refractivity contribution in [3.8, 4) is 0 Å². The standard InChI is InChI=1S/C23H25BrN4O/c1-14-8-10-28(11-9-14)23(29)19-13-25-22-18(6-4-16(3)26-22)21(19)27-20-7-5-17(24)12-15(20)2/h4-7,12-14H,8-11H2,1-3H3,(H,25,26,27). The minimum absolute atomic E-state index is 0.0316. The Balaban J connectivity index is 1.80. The molecule has 0 spiro atoms. The summed E-state index contributed by atoms with van der Waals surface area (Å²) in [5.41, 5.74) is 4.97. The molecule has 3 aromatic rings. The Labute approximate surface area is 179 Å². The molecule has 1 saturated heterocycles. The Kier molecular flexibility index (Phi) is 5.54. The summed E-state index contributed by atoms with van der Waals surface area (Å²) in [6, 6.07) is 10.0. The van der Waals surface area contributed by atoms with Gasteiger partial charge in [0.25, 0.3) is 5.91 Å². The molecule has 1 N–H and O–H groups in total. The molecular formula is C23H25BrN4O. The van der Waals surface area contributed by atoms with Gasteiger partial charge in [-0.25, -0.2) is 9.97 Å². The van der Waals surface area contributed by atoms with Crippen LogP contribution in [-0.4, -0.2) is 33.9 Å². The zero-order valence-corrected chi connectivity index (χ0v) is 18.6. The molecule has 0 bridgehead atoms. The van der Waals surface area contributed by atoms with Crippen molar-refractivity contribution in [2.24, 2.45) is 5.92 Å². The Morgan fingerprint density at radius 1 is 1.17 bits per heavy atom. The number of hydrogen-bond acceptors (Lipinski definition) is 4. The predicted molar refractivity (Wildman–Crippen MR) is 121 cm³/mol. The zero-order valence-electron chi connectivity index (χ0n) is 17.0. The van der Waals surface area contributed by atoms with Gasteiger partial charge in [-0.15, -0.1) is 0 Å². The summed E-state index contributed by atoms with van der Waals surface area (Å²) in [5.74, 6) is 0.702. The molecule has 0 unspecified atom stereocenters. The topological polar surface area (TPSA) is 58.1 Å². The first-order chi connectivity index (χ1) is 13.9. The van der Waals surface area contributed by atoms with E-state index in [-0.39, 0.29) is 5.91 Å². The van der Waals surface area contributed by atoms with Gasteiger partial charge in [-0.05, 0) is 68.5 Å². The van der Waals surface area contributed by atoms with Gasteiger partial charge in [-0.1, -0.05) is 22.9 Å². The van der Waals surface area contributed by atoms with Crippen molar-refractivity contribution in [2.75, 3.05) is 18.4 Å². The van der Waals surface area contributed by atoms with Gasteiger partial charge in [0.15, 0.2) is 5.65 Å². The van der Waals surface area contributed by atoms with E-state index in [0.29, 0.717) is 17.1 Å². The summed E-state index contributed by atoms with van der Waals surface area (Å²) in [7, 11) is 0. The quantitative estimate of drug-likeness (QED) is 0.559. The lowest BCUT2D eigenvalue weighted by Gasteiger charge is -2.31. The second-order valence-corrected chi connectivity index (χ2v) is 8.85. The van der Waals surface area contributed by atoms with Crippen LogP contribution in [0.25, 0.3) is 11.0 Å². The number of nitrogens with zero attached hydrogens (tertiary/aromatic N) is 3. The van der Waals surface area contributed by atoms with Crippen LogP contribution in [-0.2, 0) is 0 Å². The van der Waals surface area contributed by atoms with E-state index >= 15 is 0 Å². The van der Waals surface area contributed by atoms with Gasteiger partial charge in [0.2, 0.25) is 0 Å². The maximum absolute atomic E-state index is 13.4. The SMILES string of the molecule is Cc1ccc2c(Nc3ccc(Br)cc3C)c(C(=O)N3CCC(C)CC3)cnc2n1. The summed E-state index contributed by atoms with van der Waals surface area (Å²) in [5, 5.41) is 4.37. The number of aryl methyl sites for hydroxylation is 2. The Morgan fingerprint density at radius 3 is 2.66 bits per heavy atom. The highest BCUT2D eigenvalue weighted by atomic mass is 79.9. The Morgan fingerprint density at radius 2 is 1.93 bits per heavy atom. The summed E-state index contributed by atoms with van der Waals surface area (Å²) in [6.45, 7) is 7.83. The number of carbonyl (C=O) groups excluding carboxylic acids is 1. The van der Waals surface area contributed by atoms with Crippen LogP contribution in [0, 0.1) is 19.8 Å². The Bertz CT molecular complexity index is 1070. The van der Waals surface area contributed by atoms with Crippen molar-refractivity contribution in [1.29, 1.82) is 0 Å². The number of anilines is 2. The van der Waals surface area contributed by atoms with E-state index in [2.05, 4.69) is 44.2 Å². The van der Waals surface area contributed by atoms with E-state index in [1.165, 1.54) is 0 Å². The number of halogens is 1. The van der Waals surface area contributed by atoms with Gasteiger partial charge in [-0.2, -0.15) is 0 Å². The predicted octanol–water partition coefficient (Wildman–Crippen LogP) is 5.62. The number of fused-ring (bicyclic) bond motifs is 1. The molecule has 1 aromatic carbocycles. The first-order valence-electron chi connectivity index (χ1n) is 10.0. The van der Waals surface area contributed by atoms with Crippen molar-refractivity contribution < 1.29 is 4.79 Å². The summed E-state index contributed by atoms with van der Waals surface area (Å²) >= 11 is 3.52. The average Bonchev–Trinajstić information content (AvgIpc) is 2.70. The first-order valence-corrected chi connectivity index (χ1v) is 10.8. The van der Waals surface area contributed by atoms with Gasteiger partial charge in [-0.3, -0.25) is 4.79 Å². The van der Waals surface area contributed by atoms with E-state index in [9.17, 15) is 4.79 Å². The molecule has 4 rings (SSSR count). The number of hydrogen-bond donors (Lipinski definition) is 1.